The highest BCUT2D eigenvalue weighted by Gasteiger charge is 2.41. The molecule has 1 rings (SSSR count). The lowest BCUT2D eigenvalue weighted by molar-refractivity contribution is 0.00671. The lowest BCUT2D eigenvalue weighted by atomic mass is 9.80. The zero-order chi connectivity index (χ0) is 14.5. The molecule has 0 aromatic rings. The van der Waals surface area contributed by atoms with Gasteiger partial charge in [-0.2, -0.15) is 0 Å². The van der Waals surface area contributed by atoms with E-state index < -0.39 is 0 Å². The molecule has 114 valence electrons. The van der Waals surface area contributed by atoms with E-state index in [-0.39, 0.29) is 0 Å². The van der Waals surface area contributed by atoms with Gasteiger partial charge in [-0.3, -0.25) is 4.90 Å². The molecule has 0 bridgehead atoms. The fourth-order valence-electron chi connectivity index (χ4n) is 3.31. The minimum absolute atomic E-state index is 0.358. The van der Waals surface area contributed by atoms with E-state index in [4.69, 9.17) is 0 Å². The Balaban J connectivity index is 2.74. The maximum Gasteiger partial charge on any atom is 0.0329 e. The third-order valence-corrected chi connectivity index (χ3v) is 5.14. The minimum atomic E-state index is 0.358. The molecule has 1 N–H and O–H groups in total. The van der Waals surface area contributed by atoms with Gasteiger partial charge in [0.25, 0.3) is 0 Å². The van der Waals surface area contributed by atoms with Gasteiger partial charge in [0, 0.05) is 24.7 Å². The van der Waals surface area contributed by atoms with Gasteiger partial charge in [-0.25, -0.2) is 0 Å². The predicted octanol–water partition coefficient (Wildman–Crippen LogP) is 4.06. The van der Waals surface area contributed by atoms with E-state index >= 15 is 0 Å². The van der Waals surface area contributed by atoms with Gasteiger partial charge in [-0.15, -0.1) is 0 Å². The third-order valence-electron chi connectivity index (χ3n) is 5.14. The Kier molecular flexibility index (Phi) is 6.32. The van der Waals surface area contributed by atoms with Gasteiger partial charge in [0.1, 0.15) is 0 Å². The summed E-state index contributed by atoms with van der Waals surface area (Å²) in [6, 6.07) is 0.625. The Morgan fingerprint density at radius 1 is 1.11 bits per heavy atom. The van der Waals surface area contributed by atoms with Crippen LogP contribution in [0.4, 0.5) is 0 Å². The SMILES string of the molecule is CCCCCN1CC(C(C)(C)C)NCC1(CC)CC. The maximum atomic E-state index is 3.83. The Hall–Kier alpha value is -0.0800. The highest BCUT2D eigenvalue weighted by Crippen LogP contribution is 2.32. The summed E-state index contributed by atoms with van der Waals surface area (Å²) >= 11 is 0. The molecule has 1 atom stereocenters. The van der Waals surface area contributed by atoms with Crippen molar-refractivity contribution in [3.05, 3.63) is 0 Å². The lowest BCUT2D eigenvalue weighted by Gasteiger charge is -2.52. The first-order chi connectivity index (χ1) is 8.89. The largest absolute Gasteiger partial charge is 0.310 e. The monoisotopic (exact) mass is 268 g/mol. The molecule has 0 radical (unpaired) electrons. The van der Waals surface area contributed by atoms with Gasteiger partial charge in [0.15, 0.2) is 0 Å². The highest BCUT2D eigenvalue weighted by atomic mass is 15.3. The van der Waals surface area contributed by atoms with Crippen LogP contribution in [0.2, 0.25) is 0 Å². The zero-order valence-electron chi connectivity index (χ0n) is 14.2. The molecular formula is C17H36N2. The van der Waals surface area contributed by atoms with Gasteiger partial charge in [-0.1, -0.05) is 54.4 Å². The summed E-state index contributed by atoms with van der Waals surface area (Å²) in [4.78, 5) is 2.80. The van der Waals surface area contributed by atoms with Crippen LogP contribution in [0, 0.1) is 5.41 Å². The molecule has 1 fully saturated rings. The normalized spacial score (nSPS) is 24.6. The zero-order valence-corrected chi connectivity index (χ0v) is 14.2. The summed E-state index contributed by atoms with van der Waals surface area (Å²) in [5.74, 6) is 0. The van der Waals surface area contributed by atoms with Crippen LogP contribution < -0.4 is 5.32 Å². The first-order valence-corrected chi connectivity index (χ1v) is 8.38. The predicted molar refractivity (Wildman–Crippen MR) is 85.7 cm³/mol. The van der Waals surface area contributed by atoms with Crippen LogP contribution in [-0.2, 0) is 0 Å². The second-order valence-corrected chi connectivity index (χ2v) is 7.38. The summed E-state index contributed by atoms with van der Waals surface area (Å²) < 4.78 is 0. The summed E-state index contributed by atoms with van der Waals surface area (Å²) in [5, 5.41) is 3.83. The Morgan fingerprint density at radius 2 is 1.74 bits per heavy atom. The maximum absolute atomic E-state index is 3.83. The molecule has 1 unspecified atom stereocenters. The van der Waals surface area contributed by atoms with Crippen molar-refractivity contribution in [1.29, 1.82) is 0 Å². The first-order valence-electron chi connectivity index (χ1n) is 8.38. The molecule has 0 amide bonds. The fourth-order valence-corrected chi connectivity index (χ4v) is 3.31. The van der Waals surface area contributed by atoms with Crippen molar-refractivity contribution in [1.82, 2.24) is 10.2 Å². The van der Waals surface area contributed by atoms with E-state index in [2.05, 4.69) is 51.8 Å². The average molecular weight is 268 g/mol. The molecule has 0 saturated carbocycles. The van der Waals surface area contributed by atoms with Crippen LogP contribution in [0.5, 0.6) is 0 Å². The van der Waals surface area contributed by atoms with E-state index in [0.717, 1.165) is 6.54 Å². The van der Waals surface area contributed by atoms with E-state index in [0.29, 0.717) is 17.0 Å². The van der Waals surface area contributed by atoms with Gasteiger partial charge in [0.05, 0.1) is 0 Å². The number of nitrogens with one attached hydrogen (secondary N) is 1. The van der Waals surface area contributed by atoms with Gasteiger partial charge < -0.3 is 5.32 Å². The van der Waals surface area contributed by atoms with Crippen LogP contribution in [0.1, 0.15) is 73.6 Å². The molecule has 0 aromatic carbocycles. The van der Waals surface area contributed by atoms with Crippen molar-refractivity contribution in [3.8, 4) is 0 Å². The molecule has 19 heavy (non-hydrogen) atoms. The molecular weight excluding hydrogens is 232 g/mol. The fraction of sp³-hybridized carbons (Fsp3) is 1.00. The number of rotatable bonds is 6. The quantitative estimate of drug-likeness (QED) is 0.731. The molecule has 0 aromatic heterocycles. The van der Waals surface area contributed by atoms with Crippen LogP contribution in [-0.4, -0.2) is 36.1 Å². The molecule has 2 heteroatoms. The Morgan fingerprint density at radius 3 is 2.21 bits per heavy atom. The molecule has 1 saturated heterocycles. The van der Waals surface area contributed by atoms with E-state index in [9.17, 15) is 0 Å². The first kappa shape index (κ1) is 17.0. The van der Waals surface area contributed by atoms with Crippen molar-refractivity contribution < 1.29 is 0 Å². The smallest absolute Gasteiger partial charge is 0.0329 e. The van der Waals surface area contributed by atoms with Crippen LogP contribution in [0.3, 0.4) is 0 Å². The van der Waals surface area contributed by atoms with Gasteiger partial charge in [0.2, 0.25) is 0 Å². The summed E-state index contributed by atoms with van der Waals surface area (Å²) in [6.45, 7) is 17.7. The van der Waals surface area contributed by atoms with Crippen LogP contribution in [0.15, 0.2) is 0 Å². The molecule has 2 nitrogen and oxygen atoms in total. The number of nitrogens with zero attached hydrogens (tertiary/aromatic N) is 1. The summed E-state index contributed by atoms with van der Waals surface area (Å²) in [5.41, 5.74) is 0.756. The molecule has 0 aliphatic carbocycles. The Bertz CT molecular complexity index is 250. The molecule has 1 heterocycles. The standard InChI is InChI=1S/C17H36N2/c1-7-10-11-12-19-13-15(16(4,5)6)18-14-17(19,8-2)9-3/h15,18H,7-14H2,1-6H3. The average Bonchev–Trinajstić information content (AvgIpc) is 2.38. The lowest BCUT2D eigenvalue weighted by Crippen LogP contribution is -2.66. The Labute approximate surface area is 121 Å². The molecule has 1 aliphatic rings. The number of hydrogen-bond donors (Lipinski definition) is 1. The van der Waals surface area contributed by atoms with Crippen LogP contribution in [0.25, 0.3) is 0 Å². The summed E-state index contributed by atoms with van der Waals surface area (Å²) in [7, 11) is 0. The third kappa shape index (κ3) is 4.19. The number of hydrogen-bond acceptors (Lipinski definition) is 2. The van der Waals surface area contributed by atoms with Crippen molar-refractivity contribution in [2.75, 3.05) is 19.6 Å². The van der Waals surface area contributed by atoms with Crippen molar-refractivity contribution in [3.63, 3.8) is 0 Å². The second-order valence-electron chi connectivity index (χ2n) is 7.38. The van der Waals surface area contributed by atoms with Crippen molar-refractivity contribution in [2.24, 2.45) is 5.41 Å². The van der Waals surface area contributed by atoms with Crippen molar-refractivity contribution in [2.45, 2.75) is 85.2 Å². The number of unbranched alkanes of at least 4 members (excludes halogenated alkanes) is 2. The van der Waals surface area contributed by atoms with E-state index in [1.807, 2.05) is 0 Å². The van der Waals surface area contributed by atoms with Gasteiger partial charge in [-0.05, 0) is 31.2 Å². The van der Waals surface area contributed by atoms with Gasteiger partial charge >= 0.3 is 0 Å². The van der Waals surface area contributed by atoms with E-state index in [1.54, 1.807) is 0 Å². The second kappa shape index (κ2) is 7.08. The van der Waals surface area contributed by atoms with Crippen LogP contribution >= 0.6 is 0 Å². The van der Waals surface area contributed by atoms with E-state index in [1.165, 1.54) is 45.2 Å². The minimum Gasteiger partial charge on any atom is -0.310 e. The summed E-state index contributed by atoms with van der Waals surface area (Å²) in [6.07, 6.45) is 6.57. The molecule has 1 aliphatic heterocycles. The molecule has 0 spiro atoms. The number of piperazine rings is 1. The highest BCUT2D eigenvalue weighted by molar-refractivity contribution is 5.00. The van der Waals surface area contributed by atoms with Crippen molar-refractivity contribution >= 4 is 0 Å². The topological polar surface area (TPSA) is 15.3 Å².